The number of carbonyl (C=O) groups excluding carboxylic acids is 1. The Bertz CT molecular complexity index is 1420. The van der Waals surface area contributed by atoms with Crippen molar-refractivity contribution in [2.45, 2.75) is 19.9 Å². The third-order valence-electron chi connectivity index (χ3n) is 5.12. The van der Waals surface area contributed by atoms with Crippen LogP contribution in [0.5, 0.6) is 0 Å². The van der Waals surface area contributed by atoms with Crippen LogP contribution in [0.15, 0.2) is 66.0 Å². The Balaban J connectivity index is 1.65. The summed E-state index contributed by atoms with van der Waals surface area (Å²) in [6.07, 6.45) is 12.2. The van der Waals surface area contributed by atoms with E-state index in [4.69, 9.17) is 6.42 Å². The van der Waals surface area contributed by atoms with Gasteiger partial charge in [-0.2, -0.15) is 0 Å². The van der Waals surface area contributed by atoms with Crippen molar-refractivity contribution in [3.05, 3.63) is 82.8 Å². The molecule has 0 spiro atoms. The molecule has 0 bridgehead atoms. The van der Waals surface area contributed by atoms with Gasteiger partial charge in [0.2, 0.25) is 0 Å². The van der Waals surface area contributed by atoms with Gasteiger partial charge in [0.15, 0.2) is 5.82 Å². The number of rotatable bonds is 5. The maximum atomic E-state index is 13.0. The molecule has 0 aliphatic carbocycles. The van der Waals surface area contributed by atoms with Gasteiger partial charge in [-0.25, -0.2) is 15.0 Å². The molecule has 8 heteroatoms. The number of imidazole rings is 1. The zero-order chi connectivity index (χ0) is 23.5. The predicted molar refractivity (Wildman–Crippen MR) is 127 cm³/mol. The Kier molecular flexibility index (Phi) is 5.87. The van der Waals surface area contributed by atoms with Gasteiger partial charge >= 0.3 is 0 Å². The standard InChI is InChI=1S/C25H22N6O2/c1-5-19-10-9-17(14-27-19)18-13-20(25(33)30(4)15-18)24(32)29-22-8-6-7-21(28-22)23-26-11-12-31(23)16(2)3/h1,6-16H,2-4H3,(H,28,29,32). The van der Waals surface area contributed by atoms with Crippen LogP contribution in [0.1, 0.15) is 35.9 Å². The third kappa shape index (κ3) is 4.43. The van der Waals surface area contributed by atoms with E-state index >= 15 is 0 Å². The fourth-order valence-corrected chi connectivity index (χ4v) is 3.42. The quantitative estimate of drug-likeness (QED) is 0.481. The minimum atomic E-state index is -0.553. The van der Waals surface area contributed by atoms with E-state index < -0.39 is 11.5 Å². The molecule has 1 amide bonds. The zero-order valence-electron chi connectivity index (χ0n) is 18.5. The van der Waals surface area contributed by atoms with Crippen molar-refractivity contribution in [3.8, 4) is 35.0 Å². The van der Waals surface area contributed by atoms with E-state index in [9.17, 15) is 9.59 Å². The average molecular weight is 438 g/mol. The molecule has 4 rings (SSSR count). The summed E-state index contributed by atoms with van der Waals surface area (Å²) in [5.41, 5.74) is 2.10. The zero-order valence-corrected chi connectivity index (χ0v) is 18.5. The van der Waals surface area contributed by atoms with Gasteiger partial charge in [0.25, 0.3) is 11.5 Å². The van der Waals surface area contributed by atoms with Crippen molar-refractivity contribution in [2.75, 3.05) is 5.32 Å². The van der Waals surface area contributed by atoms with Crippen molar-refractivity contribution in [1.82, 2.24) is 24.1 Å². The molecule has 1 N–H and O–H groups in total. The van der Waals surface area contributed by atoms with Gasteiger partial charge < -0.3 is 14.5 Å². The number of pyridine rings is 3. The molecular formula is C25H22N6O2. The highest BCUT2D eigenvalue weighted by atomic mass is 16.2. The monoisotopic (exact) mass is 438 g/mol. The first-order valence-electron chi connectivity index (χ1n) is 10.3. The molecule has 0 atom stereocenters. The predicted octanol–water partition coefficient (Wildman–Crippen LogP) is 3.52. The Morgan fingerprint density at radius 1 is 1.15 bits per heavy atom. The molecule has 4 heterocycles. The van der Waals surface area contributed by atoms with E-state index in [-0.39, 0.29) is 11.6 Å². The topological polar surface area (TPSA) is 94.7 Å². The second-order valence-electron chi connectivity index (χ2n) is 7.75. The summed E-state index contributed by atoms with van der Waals surface area (Å²) in [5.74, 6) is 2.93. The number of aryl methyl sites for hydroxylation is 1. The molecule has 0 saturated heterocycles. The molecule has 0 aromatic carbocycles. The molecule has 33 heavy (non-hydrogen) atoms. The Labute approximate surface area is 191 Å². The first-order valence-corrected chi connectivity index (χ1v) is 10.3. The molecular weight excluding hydrogens is 416 g/mol. The SMILES string of the molecule is C#Cc1ccc(-c2cc(C(=O)Nc3cccc(-c4nccn4C(C)C)n3)c(=O)n(C)c2)cn1. The van der Waals surface area contributed by atoms with Gasteiger partial charge in [-0.1, -0.05) is 12.0 Å². The van der Waals surface area contributed by atoms with E-state index in [0.717, 1.165) is 5.56 Å². The summed E-state index contributed by atoms with van der Waals surface area (Å²) < 4.78 is 3.36. The molecule has 4 aromatic heterocycles. The van der Waals surface area contributed by atoms with Crippen LogP contribution in [0, 0.1) is 12.3 Å². The van der Waals surface area contributed by atoms with Gasteiger partial charge in [0.1, 0.15) is 22.8 Å². The van der Waals surface area contributed by atoms with E-state index in [1.54, 1.807) is 56.0 Å². The van der Waals surface area contributed by atoms with Crippen LogP contribution >= 0.6 is 0 Å². The second-order valence-corrected chi connectivity index (χ2v) is 7.75. The summed E-state index contributed by atoms with van der Waals surface area (Å²) in [4.78, 5) is 38.8. The molecule has 0 radical (unpaired) electrons. The van der Waals surface area contributed by atoms with Crippen LogP contribution in [-0.4, -0.2) is 30.0 Å². The molecule has 8 nitrogen and oxygen atoms in total. The van der Waals surface area contributed by atoms with Crippen LogP contribution in [0.3, 0.4) is 0 Å². The first-order chi connectivity index (χ1) is 15.9. The van der Waals surface area contributed by atoms with Gasteiger partial charge in [-0.3, -0.25) is 9.59 Å². The maximum absolute atomic E-state index is 13.0. The molecule has 164 valence electrons. The summed E-state index contributed by atoms with van der Waals surface area (Å²) >= 11 is 0. The average Bonchev–Trinajstić information content (AvgIpc) is 3.31. The number of nitrogens with one attached hydrogen (secondary N) is 1. The maximum Gasteiger partial charge on any atom is 0.263 e. The Morgan fingerprint density at radius 3 is 2.67 bits per heavy atom. The number of amides is 1. The summed E-state index contributed by atoms with van der Waals surface area (Å²) in [6, 6.07) is 10.5. The van der Waals surface area contributed by atoms with Crippen molar-refractivity contribution in [3.63, 3.8) is 0 Å². The van der Waals surface area contributed by atoms with Crippen LogP contribution in [0.2, 0.25) is 0 Å². The van der Waals surface area contributed by atoms with Crippen LogP contribution in [0.25, 0.3) is 22.6 Å². The fraction of sp³-hybridized carbons (Fsp3) is 0.160. The number of aromatic nitrogens is 5. The number of nitrogens with zero attached hydrogens (tertiary/aromatic N) is 5. The largest absolute Gasteiger partial charge is 0.327 e. The molecule has 0 saturated carbocycles. The molecule has 0 unspecified atom stereocenters. The number of carbonyl (C=O) groups is 1. The number of hydrogen-bond donors (Lipinski definition) is 1. The van der Waals surface area contributed by atoms with Crippen molar-refractivity contribution >= 4 is 11.7 Å². The molecule has 0 aliphatic rings. The van der Waals surface area contributed by atoms with Crippen LogP contribution in [-0.2, 0) is 7.05 Å². The fourth-order valence-electron chi connectivity index (χ4n) is 3.42. The van der Waals surface area contributed by atoms with Gasteiger partial charge in [0, 0.05) is 49.0 Å². The number of anilines is 1. The van der Waals surface area contributed by atoms with Crippen molar-refractivity contribution in [1.29, 1.82) is 0 Å². The van der Waals surface area contributed by atoms with Crippen LogP contribution < -0.4 is 10.9 Å². The van der Waals surface area contributed by atoms with Crippen LogP contribution in [0.4, 0.5) is 5.82 Å². The Hall–Kier alpha value is -4.51. The highest BCUT2D eigenvalue weighted by molar-refractivity contribution is 6.04. The third-order valence-corrected chi connectivity index (χ3v) is 5.12. The lowest BCUT2D eigenvalue weighted by Gasteiger charge is -2.12. The normalized spacial score (nSPS) is 10.8. The molecule has 0 fully saturated rings. The Morgan fingerprint density at radius 2 is 1.97 bits per heavy atom. The van der Waals surface area contributed by atoms with E-state index in [2.05, 4.69) is 40.0 Å². The van der Waals surface area contributed by atoms with E-state index in [0.29, 0.717) is 28.6 Å². The highest BCUT2D eigenvalue weighted by Gasteiger charge is 2.16. The molecule has 0 aliphatic heterocycles. The minimum Gasteiger partial charge on any atom is -0.327 e. The van der Waals surface area contributed by atoms with E-state index in [1.807, 2.05) is 16.8 Å². The van der Waals surface area contributed by atoms with Gasteiger partial charge in [-0.05, 0) is 44.2 Å². The second kappa shape index (κ2) is 8.93. The summed E-state index contributed by atoms with van der Waals surface area (Å²) in [6.45, 7) is 4.10. The minimum absolute atomic E-state index is 0.00749. The lowest BCUT2D eigenvalue weighted by atomic mass is 10.1. The van der Waals surface area contributed by atoms with Crippen molar-refractivity contribution in [2.24, 2.45) is 7.05 Å². The summed E-state index contributed by atoms with van der Waals surface area (Å²) in [7, 11) is 1.59. The van der Waals surface area contributed by atoms with Gasteiger partial charge in [-0.15, -0.1) is 6.42 Å². The van der Waals surface area contributed by atoms with Crippen molar-refractivity contribution < 1.29 is 4.79 Å². The lowest BCUT2D eigenvalue weighted by Crippen LogP contribution is -2.27. The highest BCUT2D eigenvalue weighted by Crippen LogP contribution is 2.22. The smallest absolute Gasteiger partial charge is 0.263 e. The molecule has 4 aromatic rings. The lowest BCUT2D eigenvalue weighted by molar-refractivity contribution is 0.102. The number of hydrogen-bond acceptors (Lipinski definition) is 5. The number of terminal acetylenes is 1. The summed E-state index contributed by atoms with van der Waals surface area (Å²) in [5, 5.41) is 2.73. The van der Waals surface area contributed by atoms with E-state index in [1.165, 1.54) is 4.57 Å². The first kappa shape index (κ1) is 21.7. The van der Waals surface area contributed by atoms with Gasteiger partial charge in [0.05, 0.1) is 0 Å².